The summed E-state index contributed by atoms with van der Waals surface area (Å²) in [5.41, 5.74) is -0.674. The number of cyclic esters (lactones) is 2. The molecule has 1 saturated heterocycles. The Balaban J connectivity index is 2.63. The Kier molecular flexibility index (Phi) is 4.69. The van der Waals surface area contributed by atoms with Crippen molar-refractivity contribution >= 4 is 17.9 Å². The summed E-state index contributed by atoms with van der Waals surface area (Å²) >= 11 is 0. The predicted molar refractivity (Wildman–Crippen MR) is 60.5 cm³/mol. The maximum Gasteiger partial charge on any atom is 0.311 e. The molecule has 0 aromatic heterocycles. The molecule has 0 radical (unpaired) electrons. The van der Waals surface area contributed by atoms with Crippen LogP contribution in [-0.2, 0) is 28.6 Å². The van der Waals surface area contributed by atoms with Crippen molar-refractivity contribution in [3.8, 4) is 0 Å². The summed E-state index contributed by atoms with van der Waals surface area (Å²) in [6.45, 7) is 4.99. The molecule has 6 nitrogen and oxygen atoms in total. The fourth-order valence-corrected chi connectivity index (χ4v) is 1.21. The molecule has 1 atom stereocenters. The number of carbonyl (C=O) groups is 3. The van der Waals surface area contributed by atoms with Gasteiger partial charge in [0.2, 0.25) is 0 Å². The second-order valence-electron chi connectivity index (χ2n) is 5.13. The molecule has 0 saturated carbocycles. The smallest absolute Gasteiger partial charge is 0.311 e. The molecule has 102 valence electrons. The first-order valence-electron chi connectivity index (χ1n) is 5.81. The van der Waals surface area contributed by atoms with Gasteiger partial charge in [0, 0.05) is 0 Å². The van der Waals surface area contributed by atoms with Crippen molar-refractivity contribution in [2.75, 3.05) is 13.2 Å². The minimum Gasteiger partial charge on any atom is -0.465 e. The van der Waals surface area contributed by atoms with Gasteiger partial charge in [-0.1, -0.05) is 0 Å². The number of hydrogen-bond acceptors (Lipinski definition) is 6. The first-order chi connectivity index (χ1) is 8.29. The second-order valence-corrected chi connectivity index (χ2v) is 5.13. The van der Waals surface area contributed by atoms with Gasteiger partial charge in [0.1, 0.15) is 19.3 Å². The number of esters is 3. The van der Waals surface area contributed by atoms with E-state index in [1.54, 1.807) is 20.8 Å². The van der Waals surface area contributed by atoms with Crippen molar-refractivity contribution in [3.05, 3.63) is 0 Å². The van der Waals surface area contributed by atoms with Crippen LogP contribution >= 0.6 is 0 Å². The van der Waals surface area contributed by atoms with Crippen LogP contribution < -0.4 is 0 Å². The molecule has 1 rings (SSSR count). The third kappa shape index (κ3) is 4.73. The first kappa shape index (κ1) is 14.5. The maximum absolute atomic E-state index is 11.7. The van der Waals surface area contributed by atoms with E-state index in [2.05, 4.69) is 0 Å². The van der Waals surface area contributed by atoms with Gasteiger partial charge in [-0.3, -0.25) is 14.4 Å². The van der Waals surface area contributed by atoms with Crippen molar-refractivity contribution in [3.63, 3.8) is 0 Å². The number of rotatable bonds is 1. The summed E-state index contributed by atoms with van der Waals surface area (Å²) < 4.78 is 14.8. The molecule has 0 spiro atoms. The Bertz CT molecular complexity index is 341. The predicted octanol–water partition coefficient (Wildman–Crippen LogP) is 0.825. The highest BCUT2D eigenvalue weighted by Gasteiger charge is 2.29. The van der Waals surface area contributed by atoms with E-state index in [9.17, 15) is 14.4 Å². The molecule has 0 amide bonds. The number of ether oxygens (including phenoxy) is 3. The van der Waals surface area contributed by atoms with Gasteiger partial charge >= 0.3 is 17.9 Å². The topological polar surface area (TPSA) is 78.9 Å². The number of hydrogen-bond donors (Lipinski definition) is 0. The van der Waals surface area contributed by atoms with Crippen LogP contribution in [0.3, 0.4) is 0 Å². The fourth-order valence-electron chi connectivity index (χ4n) is 1.21. The quantitative estimate of drug-likeness (QED) is 0.512. The molecule has 0 aromatic carbocycles. The average Bonchev–Trinajstić information content (AvgIpc) is 2.30. The minimum atomic E-state index is -0.786. The molecule has 6 heteroatoms. The zero-order valence-electron chi connectivity index (χ0n) is 10.9. The average molecular weight is 258 g/mol. The maximum atomic E-state index is 11.7. The standard InChI is InChI=1S/C12H18O6/c1-12(2,3)11(15)18-8-6-10(14)16-5-4-9(13)17-7-8/h8H,4-7H2,1-3H3. The zero-order chi connectivity index (χ0) is 13.8. The van der Waals surface area contributed by atoms with E-state index < -0.39 is 29.4 Å². The van der Waals surface area contributed by atoms with Gasteiger partial charge in [-0.15, -0.1) is 0 Å². The summed E-state index contributed by atoms with van der Waals surface area (Å²) in [5, 5.41) is 0. The summed E-state index contributed by atoms with van der Waals surface area (Å²) in [7, 11) is 0. The van der Waals surface area contributed by atoms with Crippen molar-refractivity contribution in [1.82, 2.24) is 0 Å². The third-order valence-corrected chi connectivity index (χ3v) is 2.28. The van der Waals surface area contributed by atoms with Crippen LogP contribution in [0, 0.1) is 5.41 Å². The van der Waals surface area contributed by atoms with E-state index in [4.69, 9.17) is 14.2 Å². The molecule has 0 aliphatic carbocycles. The Morgan fingerprint density at radius 3 is 2.50 bits per heavy atom. The second kappa shape index (κ2) is 5.84. The molecular formula is C12H18O6. The van der Waals surface area contributed by atoms with Gasteiger partial charge in [-0.25, -0.2) is 0 Å². The van der Waals surface area contributed by atoms with E-state index in [0.717, 1.165) is 0 Å². The normalized spacial score (nSPS) is 22.1. The highest BCUT2D eigenvalue weighted by Crippen LogP contribution is 2.18. The van der Waals surface area contributed by atoms with Gasteiger partial charge in [-0.05, 0) is 20.8 Å². The molecule has 1 unspecified atom stereocenters. The van der Waals surface area contributed by atoms with Crippen molar-refractivity contribution < 1.29 is 28.6 Å². The van der Waals surface area contributed by atoms with E-state index in [1.165, 1.54) is 0 Å². The lowest BCUT2D eigenvalue weighted by atomic mass is 9.97. The largest absolute Gasteiger partial charge is 0.465 e. The van der Waals surface area contributed by atoms with Crippen LogP contribution in [0.2, 0.25) is 0 Å². The highest BCUT2D eigenvalue weighted by atomic mass is 16.6. The van der Waals surface area contributed by atoms with Crippen LogP contribution in [0.1, 0.15) is 33.6 Å². The van der Waals surface area contributed by atoms with Crippen molar-refractivity contribution in [2.24, 2.45) is 5.41 Å². The van der Waals surface area contributed by atoms with E-state index in [1.807, 2.05) is 0 Å². The van der Waals surface area contributed by atoms with Crippen LogP contribution in [-0.4, -0.2) is 37.2 Å². The molecule has 1 fully saturated rings. The molecule has 0 aromatic rings. The van der Waals surface area contributed by atoms with E-state index in [-0.39, 0.29) is 26.1 Å². The van der Waals surface area contributed by atoms with Gasteiger partial charge in [0.05, 0.1) is 18.3 Å². The molecule has 1 aliphatic heterocycles. The monoisotopic (exact) mass is 258 g/mol. The van der Waals surface area contributed by atoms with Gasteiger partial charge in [-0.2, -0.15) is 0 Å². The molecule has 1 aliphatic rings. The van der Waals surface area contributed by atoms with E-state index in [0.29, 0.717) is 0 Å². The molecule has 1 heterocycles. The highest BCUT2D eigenvalue weighted by molar-refractivity contribution is 5.77. The molecule has 0 bridgehead atoms. The summed E-state index contributed by atoms with van der Waals surface area (Å²) in [6, 6.07) is 0. The Morgan fingerprint density at radius 2 is 1.89 bits per heavy atom. The van der Waals surface area contributed by atoms with Crippen LogP contribution in [0.5, 0.6) is 0 Å². The van der Waals surface area contributed by atoms with E-state index >= 15 is 0 Å². The molecule has 0 N–H and O–H groups in total. The molecule has 18 heavy (non-hydrogen) atoms. The van der Waals surface area contributed by atoms with Crippen LogP contribution in [0.25, 0.3) is 0 Å². The fraction of sp³-hybridized carbons (Fsp3) is 0.750. The van der Waals surface area contributed by atoms with Crippen LogP contribution in [0.4, 0.5) is 0 Å². The van der Waals surface area contributed by atoms with Gasteiger partial charge in [0.15, 0.2) is 0 Å². The van der Waals surface area contributed by atoms with Gasteiger partial charge in [0.25, 0.3) is 0 Å². The van der Waals surface area contributed by atoms with Crippen molar-refractivity contribution in [2.45, 2.75) is 39.7 Å². The summed E-state index contributed by atoms with van der Waals surface area (Å²) in [5.74, 6) is -1.42. The summed E-state index contributed by atoms with van der Waals surface area (Å²) in [4.78, 5) is 34.2. The van der Waals surface area contributed by atoms with Gasteiger partial charge < -0.3 is 14.2 Å². The Morgan fingerprint density at radius 1 is 1.22 bits per heavy atom. The summed E-state index contributed by atoms with van der Waals surface area (Å²) in [6.07, 6.45) is -0.868. The molecular weight excluding hydrogens is 240 g/mol. The Labute approximate surface area is 106 Å². The lowest BCUT2D eigenvalue weighted by Gasteiger charge is -2.22. The zero-order valence-corrected chi connectivity index (χ0v) is 10.9. The number of carbonyl (C=O) groups excluding carboxylic acids is 3. The lowest BCUT2D eigenvalue weighted by molar-refractivity contribution is -0.167. The van der Waals surface area contributed by atoms with Crippen LogP contribution in [0.15, 0.2) is 0 Å². The SMILES string of the molecule is CC(C)(C)C(=O)OC1COC(=O)CCOC(=O)C1. The lowest BCUT2D eigenvalue weighted by Crippen LogP contribution is -2.32. The Hall–Kier alpha value is -1.59. The van der Waals surface area contributed by atoms with Crippen molar-refractivity contribution in [1.29, 1.82) is 0 Å². The minimum absolute atomic E-state index is 0.00238. The third-order valence-electron chi connectivity index (χ3n) is 2.28. The first-order valence-corrected chi connectivity index (χ1v) is 5.81.